The SMILES string of the molecule is COc1ccc(Cl)cc1C(=O)Nc1cc(C)c(O)c(C(=O)O)c1. The number of aromatic carboxylic acids is 1. The number of phenols is 1. The number of rotatable bonds is 4. The normalized spacial score (nSPS) is 10.2. The van der Waals surface area contributed by atoms with Crippen LogP contribution >= 0.6 is 11.6 Å². The van der Waals surface area contributed by atoms with Gasteiger partial charge in [0.15, 0.2) is 0 Å². The van der Waals surface area contributed by atoms with Gasteiger partial charge in [-0.25, -0.2) is 4.79 Å². The highest BCUT2D eigenvalue weighted by Gasteiger charge is 2.17. The van der Waals surface area contributed by atoms with E-state index in [4.69, 9.17) is 21.4 Å². The molecule has 3 N–H and O–H groups in total. The summed E-state index contributed by atoms with van der Waals surface area (Å²) in [7, 11) is 1.42. The highest BCUT2D eigenvalue weighted by molar-refractivity contribution is 6.31. The largest absolute Gasteiger partial charge is 0.507 e. The van der Waals surface area contributed by atoms with Crippen LogP contribution in [0.1, 0.15) is 26.3 Å². The third-order valence-corrected chi connectivity index (χ3v) is 3.43. The summed E-state index contributed by atoms with van der Waals surface area (Å²) in [5.74, 6) is -1.80. The number of methoxy groups -OCH3 is 1. The molecule has 2 aromatic carbocycles. The molecule has 0 aliphatic carbocycles. The zero-order chi connectivity index (χ0) is 17.1. The van der Waals surface area contributed by atoms with Crippen molar-refractivity contribution in [2.75, 3.05) is 12.4 Å². The number of halogens is 1. The minimum atomic E-state index is -1.29. The molecule has 0 fully saturated rings. The third kappa shape index (κ3) is 3.54. The van der Waals surface area contributed by atoms with Crippen LogP contribution < -0.4 is 10.1 Å². The van der Waals surface area contributed by atoms with Crippen LogP contribution in [0.2, 0.25) is 5.02 Å². The highest BCUT2D eigenvalue weighted by atomic mass is 35.5. The molecule has 0 unspecified atom stereocenters. The smallest absolute Gasteiger partial charge is 0.339 e. The molecule has 0 aliphatic heterocycles. The number of carboxylic acid groups (broad SMARTS) is 1. The molecule has 2 rings (SSSR count). The number of ether oxygens (including phenoxy) is 1. The lowest BCUT2D eigenvalue weighted by molar-refractivity contribution is 0.0693. The first kappa shape index (κ1) is 16.6. The standard InChI is InChI=1S/C16H14ClNO5/c1-8-5-10(7-12(14(8)19)16(21)22)18-15(20)11-6-9(17)3-4-13(11)23-2/h3-7,19H,1-2H3,(H,18,20)(H,21,22). The Morgan fingerprint density at radius 3 is 2.48 bits per heavy atom. The summed E-state index contributed by atoms with van der Waals surface area (Å²) in [4.78, 5) is 23.5. The van der Waals surface area contributed by atoms with E-state index >= 15 is 0 Å². The number of aromatic hydroxyl groups is 1. The highest BCUT2D eigenvalue weighted by Crippen LogP contribution is 2.28. The van der Waals surface area contributed by atoms with Gasteiger partial charge < -0.3 is 20.3 Å². The van der Waals surface area contributed by atoms with Crippen molar-refractivity contribution < 1.29 is 24.5 Å². The van der Waals surface area contributed by atoms with Gasteiger partial charge in [0.1, 0.15) is 17.1 Å². The van der Waals surface area contributed by atoms with Crippen molar-refractivity contribution in [2.24, 2.45) is 0 Å². The molecule has 0 aliphatic rings. The zero-order valence-corrected chi connectivity index (χ0v) is 13.1. The Labute approximate surface area is 137 Å². The second-order valence-electron chi connectivity index (χ2n) is 4.79. The molecule has 0 spiro atoms. The number of benzene rings is 2. The van der Waals surface area contributed by atoms with E-state index in [1.807, 2.05) is 0 Å². The van der Waals surface area contributed by atoms with E-state index in [2.05, 4.69) is 5.32 Å². The molecule has 0 bridgehead atoms. The molecule has 0 aromatic heterocycles. The van der Waals surface area contributed by atoms with Crippen molar-refractivity contribution >= 4 is 29.2 Å². The zero-order valence-electron chi connectivity index (χ0n) is 12.4. The minimum Gasteiger partial charge on any atom is -0.507 e. The first-order chi connectivity index (χ1) is 10.8. The van der Waals surface area contributed by atoms with E-state index in [0.717, 1.165) is 0 Å². The van der Waals surface area contributed by atoms with Crippen LogP contribution in [0.3, 0.4) is 0 Å². The predicted molar refractivity (Wildman–Crippen MR) is 85.8 cm³/mol. The first-order valence-corrected chi connectivity index (χ1v) is 6.93. The van der Waals surface area contributed by atoms with Crippen molar-refractivity contribution in [2.45, 2.75) is 6.92 Å². The van der Waals surface area contributed by atoms with Gasteiger partial charge in [0.2, 0.25) is 0 Å². The lowest BCUT2D eigenvalue weighted by Crippen LogP contribution is -2.14. The van der Waals surface area contributed by atoms with Crippen molar-refractivity contribution in [3.8, 4) is 11.5 Å². The lowest BCUT2D eigenvalue weighted by atomic mass is 10.1. The molecular weight excluding hydrogens is 322 g/mol. The maximum absolute atomic E-state index is 12.4. The molecular formula is C16H14ClNO5. The fourth-order valence-electron chi connectivity index (χ4n) is 2.07. The summed E-state index contributed by atoms with van der Waals surface area (Å²) in [5, 5.41) is 21.7. The molecule has 0 atom stereocenters. The topological polar surface area (TPSA) is 95.9 Å². The van der Waals surface area contributed by atoms with Gasteiger partial charge in [-0.1, -0.05) is 11.6 Å². The number of carboxylic acids is 1. The summed E-state index contributed by atoms with van der Waals surface area (Å²) in [6, 6.07) is 7.24. The van der Waals surface area contributed by atoms with Gasteiger partial charge in [0, 0.05) is 10.7 Å². The van der Waals surface area contributed by atoms with Crippen LogP contribution in [0.25, 0.3) is 0 Å². The average Bonchev–Trinajstić information content (AvgIpc) is 2.50. The molecule has 0 saturated carbocycles. The molecule has 2 aromatic rings. The van der Waals surface area contributed by atoms with Crippen LogP contribution in [0, 0.1) is 6.92 Å². The quantitative estimate of drug-likeness (QED) is 0.745. The van der Waals surface area contributed by atoms with Crippen LogP contribution in [0.4, 0.5) is 5.69 Å². The van der Waals surface area contributed by atoms with Gasteiger partial charge in [-0.2, -0.15) is 0 Å². The van der Waals surface area contributed by atoms with Gasteiger partial charge in [0.25, 0.3) is 5.91 Å². The van der Waals surface area contributed by atoms with Gasteiger partial charge >= 0.3 is 5.97 Å². The summed E-state index contributed by atoms with van der Waals surface area (Å²) >= 11 is 5.89. The Kier molecular flexibility index (Phi) is 4.76. The Hall–Kier alpha value is -2.73. The third-order valence-electron chi connectivity index (χ3n) is 3.19. The molecule has 6 nitrogen and oxygen atoms in total. The second kappa shape index (κ2) is 6.58. The Bertz CT molecular complexity index is 788. The minimum absolute atomic E-state index is 0.211. The van der Waals surface area contributed by atoms with Crippen molar-refractivity contribution in [1.82, 2.24) is 0 Å². The van der Waals surface area contributed by atoms with Gasteiger partial charge in [-0.15, -0.1) is 0 Å². The molecule has 0 heterocycles. The summed E-state index contributed by atoms with van der Waals surface area (Å²) < 4.78 is 5.11. The number of hydrogen-bond donors (Lipinski definition) is 3. The van der Waals surface area contributed by atoms with E-state index in [1.165, 1.54) is 32.2 Å². The molecule has 1 amide bonds. The fourth-order valence-corrected chi connectivity index (χ4v) is 2.24. The molecule has 0 saturated heterocycles. The van der Waals surface area contributed by atoms with E-state index < -0.39 is 11.9 Å². The average molecular weight is 336 g/mol. The van der Waals surface area contributed by atoms with Gasteiger partial charge in [-0.05, 0) is 42.8 Å². The number of aryl methyl sites for hydroxylation is 1. The van der Waals surface area contributed by atoms with Crippen molar-refractivity contribution in [1.29, 1.82) is 0 Å². The van der Waals surface area contributed by atoms with Crippen LogP contribution in [-0.2, 0) is 0 Å². The lowest BCUT2D eigenvalue weighted by Gasteiger charge is -2.12. The Morgan fingerprint density at radius 1 is 1.17 bits per heavy atom. The number of anilines is 1. The molecule has 7 heteroatoms. The van der Waals surface area contributed by atoms with Crippen LogP contribution in [-0.4, -0.2) is 29.2 Å². The van der Waals surface area contributed by atoms with Gasteiger partial charge in [-0.3, -0.25) is 4.79 Å². The van der Waals surface area contributed by atoms with E-state index in [-0.39, 0.29) is 22.6 Å². The van der Waals surface area contributed by atoms with Crippen molar-refractivity contribution in [3.63, 3.8) is 0 Å². The second-order valence-corrected chi connectivity index (χ2v) is 5.23. The van der Waals surface area contributed by atoms with Crippen molar-refractivity contribution in [3.05, 3.63) is 52.0 Å². The van der Waals surface area contributed by atoms with E-state index in [0.29, 0.717) is 16.3 Å². The van der Waals surface area contributed by atoms with Crippen LogP contribution in [0.15, 0.2) is 30.3 Å². The summed E-state index contributed by atoms with van der Waals surface area (Å²) in [6.07, 6.45) is 0. The number of carbonyl (C=O) groups is 2. The first-order valence-electron chi connectivity index (χ1n) is 6.55. The summed E-state index contributed by atoms with van der Waals surface area (Å²) in [6.45, 7) is 1.54. The number of carbonyl (C=O) groups excluding carboxylic acids is 1. The maximum Gasteiger partial charge on any atom is 0.339 e. The monoisotopic (exact) mass is 335 g/mol. The number of hydrogen-bond acceptors (Lipinski definition) is 4. The molecule has 120 valence electrons. The summed E-state index contributed by atoms with van der Waals surface area (Å²) in [5.41, 5.74) is 0.490. The molecule has 23 heavy (non-hydrogen) atoms. The van der Waals surface area contributed by atoms with E-state index in [1.54, 1.807) is 12.1 Å². The fraction of sp³-hybridized carbons (Fsp3) is 0.125. The number of amides is 1. The Morgan fingerprint density at radius 2 is 1.87 bits per heavy atom. The number of nitrogens with one attached hydrogen (secondary N) is 1. The van der Waals surface area contributed by atoms with Crippen LogP contribution in [0.5, 0.6) is 11.5 Å². The maximum atomic E-state index is 12.4. The van der Waals surface area contributed by atoms with E-state index in [9.17, 15) is 14.7 Å². The Balaban J connectivity index is 2.38. The van der Waals surface area contributed by atoms with Gasteiger partial charge in [0.05, 0.1) is 12.7 Å². The predicted octanol–water partition coefficient (Wildman–Crippen LogP) is 3.31. The molecule has 0 radical (unpaired) electrons.